The van der Waals surface area contributed by atoms with Crippen molar-refractivity contribution in [3.8, 4) is 0 Å². The average Bonchev–Trinajstić information content (AvgIpc) is 2.15. The molecule has 0 radical (unpaired) electrons. The Labute approximate surface area is 143 Å². The first kappa shape index (κ1) is 20.1. The van der Waals surface area contributed by atoms with Gasteiger partial charge in [0, 0.05) is 0 Å². The molecule has 80 valence electrons. The largest absolute Gasteiger partial charge is 1.00 e. The summed E-state index contributed by atoms with van der Waals surface area (Å²) in [5.74, 6) is 0. The van der Waals surface area contributed by atoms with E-state index in [0.717, 1.165) is 5.39 Å². The molecule has 0 atom stereocenters. The average molecular weight is 270 g/mol. The van der Waals surface area contributed by atoms with Gasteiger partial charge in [-0.3, -0.25) is 0 Å². The summed E-state index contributed by atoms with van der Waals surface area (Å²) in [4.78, 5) is 21.8. The SMILES string of the molecule is O.O=P([O-])([O-])c1cccc2ccccc12.[Na+].[Na+]. The second kappa shape index (κ2) is 8.08. The van der Waals surface area contributed by atoms with Crippen molar-refractivity contribution in [3.63, 3.8) is 0 Å². The topological polar surface area (TPSA) is 94.7 Å². The van der Waals surface area contributed by atoms with Crippen molar-refractivity contribution in [1.82, 2.24) is 0 Å². The van der Waals surface area contributed by atoms with E-state index in [2.05, 4.69) is 0 Å². The molecule has 0 aromatic heterocycles. The summed E-state index contributed by atoms with van der Waals surface area (Å²) in [7, 11) is -4.66. The van der Waals surface area contributed by atoms with Gasteiger partial charge in [-0.15, -0.1) is 0 Å². The van der Waals surface area contributed by atoms with Gasteiger partial charge in [0.2, 0.25) is 0 Å². The van der Waals surface area contributed by atoms with E-state index in [0.29, 0.717) is 5.39 Å². The maximum Gasteiger partial charge on any atom is 1.00 e. The van der Waals surface area contributed by atoms with Crippen LogP contribution in [0.1, 0.15) is 0 Å². The number of hydrogen-bond donors (Lipinski definition) is 0. The van der Waals surface area contributed by atoms with Gasteiger partial charge in [0.1, 0.15) is 0 Å². The zero-order valence-electron chi connectivity index (χ0n) is 9.71. The van der Waals surface area contributed by atoms with E-state index in [9.17, 15) is 14.4 Å². The van der Waals surface area contributed by atoms with E-state index >= 15 is 0 Å². The first-order valence-electron chi connectivity index (χ1n) is 4.09. The maximum atomic E-state index is 10.9. The summed E-state index contributed by atoms with van der Waals surface area (Å²) in [6.45, 7) is 0. The van der Waals surface area contributed by atoms with Crippen molar-refractivity contribution < 1.29 is 78.9 Å². The molecular formula is C10H9Na2O4P. The first-order chi connectivity index (χ1) is 6.59. The third kappa shape index (κ3) is 4.77. The van der Waals surface area contributed by atoms with Gasteiger partial charge < -0.3 is 19.8 Å². The Kier molecular flexibility index (Phi) is 9.56. The summed E-state index contributed by atoms with van der Waals surface area (Å²) < 4.78 is 10.9. The Morgan fingerprint density at radius 3 is 2.00 bits per heavy atom. The van der Waals surface area contributed by atoms with Gasteiger partial charge in [-0.05, 0) is 23.7 Å². The summed E-state index contributed by atoms with van der Waals surface area (Å²) >= 11 is 0. The Balaban J connectivity index is 0. The monoisotopic (exact) mass is 270 g/mol. The predicted molar refractivity (Wildman–Crippen MR) is 54.8 cm³/mol. The van der Waals surface area contributed by atoms with E-state index in [1.807, 2.05) is 0 Å². The second-order valence-corrected chi connectivity index (χ2v) is 4.47. The fraction of sp³-hybridized carbons (Fsp3) is 0. The molecule has 0 heterocycles. The van der Waals surface area contributed by atoms with E-state index in [1.165, 1.54) is 6.07 Å². The number of rotatable bonds is 1. The quantitative estimate of drug-likeness (QED) is 0.381. The van der Waals surface area contributed by atoms with Crippen LogP contribution in [-0.2, 0) is 4.57 Å². The molecule has 0 amide bonds. The van der Waals surface area contributed by atoms with Crippen LogP contribution in [0.4, 0.5) is 0 Å². The molecule has 2 aromatic rings. The number of benzene rings is 2. The molecule has 0 spiro atoms. The summed E-state index contributed by atoms with van der Waals surface area (Å²) in [6.07, 6.45) is 0. The van der Waals surface area contributed by atoms with Crippen LogP contribution in [0.2, 0.25) is 0 Å². The van der Waals surface area contributed by atoms with Gasteiger partial charge in [0.05, 0.1) is 0 Å². The summed E-state index contributed by atoms with van der Waals surface area (Å²) in [5, 5.41) is 1.12. The van der Waals surface area contributed by atoms with E-state index in [4.69, 9.17) is 0 Å². The minimum absolute atomic E-state index is 0. The van der Waals surface area contributed by atoms with E-state index < -0.39 is 7.60 Å². The van der Waals surface area contributed by atoms with Crippen LogP contribution in [0.3, 0.4) is 0 Å². The molecule has 0 unspecified atom stereocenters. The van der Waals surface area contributed by atoms with Crippen molar-refractivity contribution in [3.05, 3.63) is 42.5 Å². The standard InChI is InChI=1S/C10H9O3P.2Na.H2O/c11-14(12,13)10-7-3-5-8-4-1-2-6-9(8)10;;;/h1-7H,(H2,11,12,13);;;1H2/q;2*+1;/p-2. The van der Waals surface area contributed by atoms with Crippen LogP contribution >= 0.6 is 7.60 Å². The molecule has 2 N–H and O–H groups in total. The van der Waals surface area contributed by atoms with Crippen molar-refractivity contribution in [2.24, 2.45) is 0 Å². The van der Waals surface area contributed by atoms with Gasteiger partial charge in [0.15, 0.2) is 0 Å². The van der Waals surface area contributed by atoms with Crippen molar-refractivity contribution in [1.29, 1.82) is 0 Å². The molecule has 2 rings (SSSR count). The molecule has 0 aliphatic rings. The fourth-order valence-electron chi connectivity index (χ4n) is 1.45. The van der Waals surface area contributed by atoms with Crippen LogP contribution in [0, 0.1) is 0 Å². The predicted octanol–water partition coefficient (Wildman–Crippen LogP) is -6.44. The fourth-order valence-corrected chi connectivity index (χ4v) is 2.21. The molecule has 17 heavy (non-hydrogen) atoms. The van der Waals surface area contributed by atoms with Crippen LogP contribution in [-0.4, -0.2) is 5.48 Å². The van der Waals surface area contributed by atoms with Gasteiger partial charge in [-0.25, -0.2) is 0 Å². The normalized spacial score (nSPS) is 9.76. The van der Waals surface area contributed by atoms with Gasteiger partial charge >= 0.3 is 59.1 Å². The van der Waals surface area contributed by atoms with E-state index in [1.54, 1.807) is 36.4 Å². The van der Waals surface area contributed by atoms with Gasteiger partial charge in [0.25, 0.3) is 0 Å². The molecular weight excluding hydrogens is 261 g/mol. The third-order valence-electron chi connectivity index (χ3n) is 2.06. The third-order valence-corrected chi connectivity index (χ3v) is 3.04. The van der Waals surface area contributed by atoms with Crippen LogP contribution in [0.5, 0.6) is 0 Å². The molecule has 0 saturated heterocycles. The molecule has 2 aromatic carbocycles. The van der Waals surface area contributed by atoms with Gasteiger partial charge in [-0.2, -0.15) is 0 Å². The first-order valence-corrected chi connectivity index (χ1v) is 5.64. The zero-order chi connectivity index (χ0) is 10.2. The van der Waals surface area contributed by atoms with Crippen molar-refractivity contribution in [2.45, 2.75) is 0 Å². The molecule has 0 aliphatic heterocycles. The molecule has 0 saturated carbocycles. The Morgan fingerprint density at radius 2 is 1.41 bits per heavy atom. The smallest absolute Gasteiger partial charge is 0.807 e. The van der Waals surface area contributed by atoms with Crippen molar-refractivity contribution in [2.75, 3.05) is 0 Å². The number of hydrogen-bond acceptors (Lipinski definition) is 3. The Hall–Kier alpha value is 0.810. The van der Waals surface area contributed by atoms with Crippen molar-refractivity contribution >= 4 is 23.7 Å². The van der Waals surface area contributed by atoms with Crippen LogP contribution < -0.4 is 74.2 Å². The molecule has 0 aliphatic carbocycles. The minimum Gasteiger partial charge on any atom is -0.807 e. The minimum atomic E-state index is -4.66. The van der Waals surface area contributed by atoms with E-state index in [-0.39, 0.29) is 69.9 Å². The summed E-state index contributed by atoms with van der Waals surface area (Å²) in [5.41, 5.74) is 0. The van der Waals surface area contributed by atoms with Crippen LogP contribution in [0.15, 0.2) is 42.5 Å². The van der Waals surface area contributed by atoms with Crippen LogP contribution in [0.25, 0.3) is 10.8 Å². The Morgan fingerprint density at radius 1 is 0.882 bits per heavy atom. The zero-order valence-corrected chi connectivity index (χ0v) is 14.6. The Bertz CT molecular complexity index is 521. The molecule has 4 nitrogen and oxygen atoms in total. The van der Waals surface area contributed by atoms with Gasteiger partial charge in [-0.1, -0.05) is 42.5 Å². The molecule has 0 bridgehead atoms. The summed E-state index contributed by atoms with van der Waals surface area (Å²) in [6, 6.07) is 11.6. The molecule has 0 fully saturated rings. The second-order valence-electron chi connectivity index (χ2n) is 3.00. The molecule has 7 heteroatoms. The maximum absolute atomic E-state index is 10.9. The number of fused-ring (bicyclic) bond motifs is 1.